The second-order valence-electron chi connectivity index (χ2n) is 6.12. The zero-order valence-electron chi connectivity index (χ0n) is 14.9. The van der Waals surface area contributed by atoms with Crippen LogP contribution in [0.5, 0.6) is 11.5 Å². The molecule has 2 aromatic carbocycles. The largest absolute Gasteiger partial charge is 0.493 e. The number of nitrogens with one attached hydrogen (secondary N) is 2. The normalized spacial score (nSPS) is 15.2. The van der Waals surface area contributed by atoms with Crippen molar-refractivity contribution in [3.8, 4) is 11.5 Å². The first kappa shape index (κ1) is 17.8. The van der Waals surface area contributed by atoms with Crippen LogP contribution in [-0.4, -0.2) is 32.6 Å². The highest BCUT2D eigenvalue weighted by Crippen LogP contribution is 2.34. The van der Waals surface area contributed by atoms with E-state index in [1.165, 1.54) is 0 Å². The number of para-hydroxylation sites is 1. The van der Waals surface area contributed by atoms with E-state index in [1.54, 1.807) is 14.2 Å². The SMILES string of the molecule is COc1ccc(CCNC(=O)CC2C(=O)Nc3ccccc32)cc1OC. The third-order valence-corrected chi connectivity index (χ3v) is 4.48. The molecule has 0 saturated carbocycles. The van der Waals surface area contributed by atoms with E-state index in [-0.39, 0.29) is 18.2 Å². The highest BCUT2D eigenvalue weighted by Gasteiger charge is 2.31. The molecule has 1 aliphatic heterocycles. The predicted octanol–water partition coefficient (Wildman–Crippen LogP) is 2.49. The Morgan fingerprint density at radius 1 is 1.12 bits per heavy atom. The van der Waals surface area contributed by atoms with Gasteiger partial charge < -0.3 is 20.1 Å². The molecule has 3 rings (SSSR count). The quantitative estimate of drug-likeness (QED) is 0.801. The summed E-state index contributed by atoms with van der Waals surface area (Å²) >= 11 is 0. The fraction of sp³-hybridized carbons (Fsp3) is 0.300. The summed E-state index contributed by atoms with van der Waals surface area (Å²) in [4.78, 5) is 24.3. The van der Waals surface area contributed by atoms with Crippen LogP contribution in [0.15, 0.2) is 42.5 Å². The van der Waals surface area contributed by atoms with Crippen molar-refractivity contribution in [3.05, 3.63) is 53.6 Å². The zero-order chi connectivity index (χ0) is 18.5. The van der Waals surface area contributed by atoms with Gasteiger partial charge in [-0.3, -0.25) is 9.59 Å². The van der Waals surface area contributed by atoms with Crippen LogP contribution in [0.25, 0.3) is 0 Å². The van der Waals surface area contributed by atoms with Crippen LogP contribution >= 0.6 is 0 Å². The van der Waals surface area contributed by atoms with Gasteiger partial charge in [0.2, 0.25) is 11.8 Å². The second kappa shape index (κ2) is 7.91. The Morgan fingerprint density at radius 2 is 1.88 bits per heavy atom. The minimum atomic E-state index is -0.424. The van der Waals surface area contributed by atoms with Gasteiger partial charge in [-0.05, 0) is 35.7 Å². The highest BCUT2D eigenvalue weighted by molar-refractivity contribution is 6.04. The topological polar surface area (TPSA) is 76.7 Å². The third kappa shape index (κ3) is 3.79. The number of rotatable bonds is 7. The van der Waals surface area contributed by atoms with Crippen molar-refractivity contribution in [1.29, 1.82) is 0 Å². The smallest absolute Gasteiger partial charge is 0.232 e. The van der Waals surface area contributed by atoms with Crippen LogP contribution in [0, 0.1) is 0 Å². The number of carbonyl (C=O) groups is 2. The molecule has 0 fully saturated rings. The minimum absolute atomic E-state index is 0.124. The molecule has 2 amide bonds. The van der Waals surface area contributed by atoms with E-state index in [9.17, 15) is 9.59 Å². The molecule has 6 nitrogen and oxygen atoms in total. The number of amides is 2. The third-order valence-electron chi connectivity index (χ3n) is 4.48. The highest BCUT2D eigenvalue weighted by atomic mass is 16.5. The Morgan fingerprint density at radius 3 is 2.65 bits per heavy atom. The van der Waals surface area contributed by atoms with Crippen molar-refractivity contribution in [2.75, 3.05) is 26.1 Å². The first-order valence-electron chi connectivity index (χ1n) is 8.49. The number of hydrogen-bond donors (Lipinski definition) is 2. The molecule has 2 N–H and O–H groups in total. The molecular weight excluding hydrogens is 332 g/mol. The summed E-state index contributed by atoms with van der Waals surface area (Å²) in [5, 5.41) is 5.70. The number of benzene rings is 2. The monoisotopic (exact) mass is 354 g/mol. The first-order chi connectivity index (χ1) is 12.6. The van der Waals surface area contributed by atoms with E-state index in [2.05, 4.69) is 10.6 Å². The van der Waals surface area contributed by atoms with Crippen LogP contribution in [0.4, 0.5) is 5.69 Å². The summed E-state index contributed by atoms with van der Waals surface area (Å²) in [7, 11) is 3.18. The van der Waals surface area contributed by atoms with Crippen LogP contribution < -0.4 is 20.1 Å². The molecule has 1 aliphatic rings. The van der Waals surface area contributed by atoms with E-state index in [4.69, 9.17) is 9.47 Å². The number of ether oxygens (including phenoxy) is 2. The summed E-state index contributed by atoms with van der Waals surface area (Å²) in [6, 6.07) is 13.2. The average molecular weight is 354 g/mol. The lowest BCUT2D eigenvalue weighted by Crippen LogP contribution is -2.28. The van der Waals surface area contributed by atoms with Crippen molar-refractivity contribution in [2.45, 2.75) is 18.8 Å². The van der Waals surface area contributed by atoms with Gasteiger partial charge in [0.15, 0.2) is 11.5 Å². The van der Waals surface area contributed by atoms with Crippen molar-refractivity contribution >= 4 is 17.5 Å². The maximum atomic E-state index is 12.2. The Bertz CT molecular complexity index is 819. The molecular formula is C20H22N2O4. The van der Waals surface area contributed by atoms with Gasteiger partial charge in [0.1, 0.15) is 0 Å². The van der Waals surface area contributed by atoms with E-state index < -0.39 is 5.92 Å². The molecule has 0 saturated heterocycles. The lowest BCUT2D eigenvalue weighted by Gasteiger charge is -2.11. The summed E-state index contributed by atoms with van der Waals surface area (Å²) in [5.74, 6) is 0.651. The number of fused-ring (bicyclic) bond motifs is 1. The van der Waals surface area contributed by atoms with Crippen LogP contribution in [0.3, 0.4) is 0 Å². The van der Waals surface area contributed by atoms with Gasteiger partial charge >= 0.3 is 0 Å². The fourth-order valence-corrected chi connectivity index (χ4v) is 3.12. The minimum Gasteiger partial charge on any atom is -0.493 e. The average Bonchev–Trinajstić information content (AvgIpc) is 2.97. The Kier molecular flexibility index (Phi) is 5.41. The van der Waals surface area contributed by atoms with Gasteiger partial charge in [0.25, 0.3) is 0 Å². The molecule has 0 aliphatic carbocycles. The number of methoxy groups -OCH3 is 2. The Labute approximate surface area is 152 Å². The van der Waals surface area contributed by atoms with Crippen LogP contribution in [-0.2, 0) is 16.0 Å². The second-order valence-corrected chi connectivity index (χ2v) is 6.12. The fourth-order valence-electron chi connectivity index (χ4n) is 3.12. The maximum absolute atomic E-state index is 12.2. The standard InChI is InChI=1S/C20H22N2O4/c1-25-17-8-7-13(11-18(17)26-2)9-10-21-19(23)12-15-14-5-3-4-6-16(14)22-20(15)24/h3-8,11,15H,9-10,12H2,1-2H3,(H,21,23)(H,22,24). The van der Waals surface area contributed by atoms with Crippen molar-refractivity contribution < 1.29 is 19.1 Å². The van der Waals surface area contributed by atoms with Crippen molar-refractivity contribution in [2.24, 2.45) is 0 Å². The molecule has 0 bridgehead atoms. The lowest BCUT2D eigenvalue weighted by molar-refractivity contribution is -0.125. The molecule has 1 heterocycles. The molecule has 1 atom stereocenters. The molecule has 136 valence electrons. The molecule has 1 unspecified atom stereocenters. The molecule has 0 radical (unpaired) electrons. The van der Waals surface area contributed by atoms with Gasteiger partial charge in [-0.1, -0.05) is 24.3 Å². The molecule has 0 aromatic heterocycles. The summed E-state index contributed by atoms with van der Waals surface area (Å²) in [6.45, 7) is 0.490. The molecule has 26 heavy (non-hydrogen) atoms. The van der Waals surface area contributed by atoms with Gasteiger partial charge in [0, 0.05) is 18.7 Å². The lowest BCUT2D eigenvalue weighted by atomic mass is 9.97. The van der Waals surface area contributed by atoms with Crippen molar-refractivity contribution in [1.82, 2.24) is 5.32 Å². The van der Waals surface area contributed by atoms with E-state index in [1.807, 2.05) is 42.5 Å². The number of hydrogen-bond acceptors (Lipinski definition) is 4. The summed E-state index contributed by atoms with van der Waals surface area (Å²) in [5.41, 5.74) is 2.71. The summed E-state index contributed by atoms with van der Waals surface area (Å²) in [6.07, 6.45) is 0.814. The van der Waals surface area contributed by atoms with Gasteiger partial charge in [-0.2, -0.15) is 0 Å². The van der Waals surface area contributed by atoms with E-state index >= 15 is 0 Å². The Hall–Kier alpha value is -3.02. The molecule has 6 heteroatoms. The van der Waals surface area contributed by atoms with Crippen LogP contribution in [0.1, 0.15) is 23.5 Å². The first-order valence-corrected chi connectivity index (χ1v) is 8.49. The predicted molar refractivity (Wildman–Crippen MR) is 98.7 cm³/mol. The number of anilines is 1. The van der Waals surface area contributed by atoms with Crippen LogP contribution in [0.2, 0.25) is 0 Å². The molecule has 0 spiro atoms. The van der Waals surface area contributed by atoms with Gasteiger partial charge in [0.05, 0.1) is 20.1 Å². The van der Waals surface area contributed by atoms with E-state index in [0.29, 0.717) is 24.5 Å². The number of carbonyl (C=O) groups excluding carboxylic acids is 2. The van der Waals surface area contributed by atoms with Gasteiger partial charge in [-0.15, -0.1) is 0 Å². The molecule has 2 aromatic rings. The summed E-state index contributed by atoms with van der Waals surface area (Å²) < 4.78 is 10.5. The van der Waals surface area contributed by atoms with Crippen molar-refractivity contribution in [3.63, 3.8) is 0 Å². The zero-order valence-corrected chi connectivity index (χ0v) is 14.9. The maximum Gasteiger partial charge on any atom is 0.232 e. The van der Waals surface area contributed by atoms with Gasteiger partial charge in [-0.25, -0.2) is 0 Å². The Balaban J connectivity index is 1.53. The van der Waals surface area contributed by atoms with E-state index in [0.717, 1.165) is 16.8 Å².